The first-order valence-corrected chi connectivity index (χ1v) is 6.33. The molecule has 1 aromatic rings. The Kier molecular flexibility index (Phi) is 2.74. The van der Waals surface area contributed by atoms with Gasteiger partial charge in [0.05, 0.1) is 19.1 Å². The van der Waals surface area contributed by atoms with Crippen LogP contribution in [0.4, 0.5) is 5.69 Å². The molecule has 3 rings (SSSR count). The van der Waals surface area contributed by atoms with E-state index in [-0.39, 0.29) is 12.0 Å². The molecule has 0 amide bonds. The fraction of sp³-hybridized carbons (Fsp3) is 0.500. The Morgan fingerprint density at radius 3 is 2.94 bits per heavy atom. The maximum Gasteiger partial charge on any atom is 0.129 e. The molecule has 18 heavy (non-hydrogen) atoms. The van der Waals surface area contributed by atoms with Crippen molar-refractivity contribution in [2.45, 2.75) is 12.0 Å². The summed E-state index contributed by atoms with van der Waals surface area (Å²) in [6.07, 6.45) is 1.09. The highest BCUT2D eigenvalue weighted by atomic mass is 16.5. The van der Waals surface area contributed by atoms with Crippen LogP contribution in [0.2, 0.25) is 0 Å². The normalized spacial score (nSPS) is 26.7. The number of piperazine rings is 1. The molecule has 0 radical (unpaired) electrons. The van der Waals surface area contributed by atoms with Crippen LogP contribution < -0.4 is 9.64 Å². The van der Waals surface area contributed by atoms with Gasteiger partial charge < -0.3 is 19.3 Å². The quantitative estimate of drug-likeness (QED) is 0.732. The topological polar surface area (TPSA) is 32.8 Å². The number of fused-ring (bicyclic) bond motifs is 3. The Labute approximate surface area is 107 Å². The number of aldehydes is 1. The first-order chi connectivity index (χ1) is 8.74. The summed E-state index contributed by atoms with van der Waals surface area (Å²) in [6.45, 7) is 2.98. The van der Waals surface area contributed by atoms with E-state index in [1.807, 2.05) is 12.1 Å². The Balaban J connectivity index is 2.03. The number of ether oxygens (including phenoxy) is 1. The zero-order valence-corrected chi connectivity index (χ0v) is 10.8. The second-order valence-electron chi connectivity index (χ2n) is 5.11. The summed E-state index contributed by atoms with van der Waals surface area (Å²) in [7, 11) is 3.77. The number of rotatable bonds is 2. The Bertz CT molecular complexity index is 475. The number of carbonyl (C=O) groups excluding carboxylic acids is 1. The molecule has 2 aliphatic rings. The maximum atomic E-state index is 11.4. The van der Waals surface area contributed by atoms with E-state index in [1.165, 1.54) is 5.69 Å². The van der Waals surface area contributed by atoms with Gasteiger partial charge in [-0.2, -0.15) is 0 Å². The molecule has 1 fully saturated rings. The summed E-state index contributed by atoms with van der Waals surface area (Å²) >= 11 is 0. The number of carbonyl (C=O) groups is 1. The van der Waals surface area contributed by atoms with Gasteiger partial charge in [-0.15, -0.1) is 0 Å². The van der Waals surface area contributed by atoms with E-state index in [4.69, 9.17) is 4.74 Å². The summed E-state index contributed by atoms with van der Waals surface area (Å²) in [5.74, 6) is 0.798. The molecule has 4 heteroatoms. The molecule has 2 atom stereocenters. The van der Waals surface area contributed by atoms with E-state index in [1.54, 1.807) is 7.11 Å². The van der Waals surface area contributed by atoms with Crippen LogP contribution in [0.3, 0.4) is 0 Å². The van der Waals surface area contributed by atoms with Crippen LogP contribution in [0.1, 0.15) is 11.5 Å². The monoisotopic (exact) mass is 246 g/mol. The van der Waals surface area contributed by atoms with Crippen molar-refractivity contribution >= 4 is 12.0 Å². The fourth-order valence-corrected chi connectivity index (χ4v) is 3.12. The number of hydrogen-bond acceptors (Lipinski definition) is 4. The molecule has 0 saturated carbocycles. The van der Waals surface area contributed by atoms with Gasteiger partial charge in [-0.05, 0) is 30.8 Å². The third-order valence-corrected chi connectivity index (χ3v) is 4.09. The highest BCUT2D eigenvalue weighted by Crippen LogP contribution is 2.42. The molecule has 0 aliphatic carbocycles. The maximum absolute atomic E-state index is 11.4. The molecule has 4 nitrogen and oxygen atoms in total. The van der Waals surface area contributed by atoms with Crippen molar-refractivity contribution in [3.05, 3.63) is 23.8 Å². The van der Waals surface area contributed by atoms with Crippen LogP contribution in [0.5, 0.6) is 5.75 Å². The lowest BCUT2D eigenvalue weighted by molar-refractivity contribution is -0.109. The Hall–Kier alpha value is -1.55. The highest BCUT2D eigenvalue weighted by Gasteiger charge is 2.40. The molecule has 96 valence electrons. The van der Waals surface area contributed by atoms with Crippen LogP contribution in [0.25, 0.3) is 0 Å². The zero-order chi connectivity index (χ0) is 12.7. The lowest BCUT2D eigenvalue weighted by Crippen LogP contribution is -2.51. The number of nitrogens with zero attached hydrogens (tertiary/aromatic N) is 2. The standard InChI is InChI=1S/C14H18N2O2/c1-15-5-6-16-13-4-3-10(18-2)7-11(13)12(9-17)14(16)8-15/h3-4,7,9,12,14H,5-6,8H2,1-2H3. The SMILES string of the molecule is COc1ccc2c(c1)C(C=O)C1CN(C)CCN21. The van der Waals surface area contributed by atoms with Crippen LogP contribution in [-0.4, -0.2) is 51.0 Å². The zero-order valence-electron chi connectivity index (χ0n) is 10.8. The number of anilines is 1. The molecule has 0 bridgehead atoms. The minimum atomic E-state index is -0.0298. The second-order valence-corrected chi connectivity index (χ2v) is 5.11. The van der Waals surface area contributed by atoms with E-state index in [0.717, 1.165) is 37.2 Å². The molecule has 1 aromatic carbocycles. The summed E-state index contributed by atoms with van der Waals surface area (Å²) in [5.41, 5.74) is 2.32. The second kappa shape index (κ2) is 4.28. The van der Waals surface area contributed by atoms with Gasteiger partial charge in [-0.25, -0.2) is 0 Å². The third kappa shape index (κ3) is 1.60. The van der Waals surface area contributed by atoms with Crippen molar-refractivity contribution in [3.8, 4) is 5.75 Å². The van der Waals surface area contributed by atoms with Crippen LogP contribution in [0, 0.1) is 0 Å². The number of likely N-dealkylation sites (N-methyl/N-ethyl adjacent to an activating group) is 1. The smallest absolute Gasteiger partial charge is 0.129 e. The van der Waals surface area contributed by atoms with Crippen molar-refractivity contribution in [3.63, 3.8) is 0 Å². The Morgan fingerprint density at radius 1 is 1.39 bits per heavy atom. The predicted molar refractivity (Wildman–Crippen MR) is 70.4 cm³/mol. The van der Waals surface area contributed by atoms with E-state index in [9.17, 15) is 4.79 Å². The molecule has 2 heterocycles. The van der Waals surface area contributed by atoms with Gasteiger partial charge in [0.2, 0.25) is 0 Å². The minimum Gasteiger partial charge on any atom is -0.497 e. The first-order valence-electron chi connectivity index (χ1n) is 6.33. The summed E-state index contributed by atoms with van der Waals surface area (Å²) in [5, 5.41) is 0. The molecular weight excluding hydrogens is 228 g/mol. The lowest BCUT2D eigenvalue weighted by atomic mass is 9.95. The lowest BCUT2D eigenvalue weighted by Gasteiger charge is -2.38. The van der Waals surface area contributed by atoms with Crippen molar-refractivity contribution in [2.75, 3.05) is 38.7 Å². The highest BCUT2D eigenvalue weighted by molar-refractivity contribution is 5.77. The van der Waals surface area contributed by atoms with Crippen LogP contribution in [0.15, 0.2) is 18.2 Å². The van der Waals surface area contributed by atoms with Gasteiger partial charge in [-0.1, -0.05) is 0 Å². The number of methoxy groups -OCH3 is 1. The van der Waals surface area contributed by atoms with Gasteiger partial charge in [0, 0.05) is 25.3 Å². The van der Waals surface area contributed by atoms with Crippen molar-refractivity contribution in [1.29, 1.82) is 0 Å². The largest absolute Gasteiger partial charge is 0.497 e. The molecule has 0 N–H and O–H groups in total. The first kappa shape index (κ1) is 11.5. The van der Waals surface area contributed by atoms with Gasteiger partial charge in [0.1, 0.15) is 12.0 Å². The van der Waals surface area contributed by atoms with E-state index in [2.05, 4.69) is 22.9 Å². The third-order valence-electron chi connectivity index (χ3n) is 4.09. The molecule has 2 unspecified atom stereocenters. The van der Waals surface area contributed by atoms with E-state index in [0.29, 0.717) is 0 Å². The predicted octanol–water partition coefficient (Wildman–Crippen LogP) is 1.11. The van der Waals surface area contributed by atoms with Crippen LogP contribution >= 0.6 is 0 Å². The molecule has 0 spiro atoms. The van der Waals surface area contributed by atoms with Crippen molar-refractivity contribution < 1.29 is 9.53 Å². The average Bonchev–Trinajstić information content (AvgIpc) is 2.70. The average molecular weight is 246 g/mol. The van der Waals surface area contributed by atoms with Crippen molar-refractivity contribution in [2.24, 2.45) is 0 Å². The Morgan fingerprint density at radius 2 is 2.22 bits per heavy atom. The summed E-state index contributed by atoms with van der Waals surface area (Å²) < 4.78 is 5.26. The summed E-state index contributed by atoms with van der Waals surface area (Å²) in [6, 6.07) is 6.34. The fourth-order valence-electron chi connectivity index (χ4n) is 3.12. The van der Waals surface area contributed by atoms with Crippen LogP contribution in [-0.2, 0) is 4.79 Å². The van der Waals surface area contributed by atoms with Gasteiger partial charge in [0.15, 0.2) is 0 Å². The molecular formula is C14H18N2O2. The molecule has 0 aromatic heterocycles. The van der Waals surface area contributed by atoms with Crippen molar-refractivity contribution in [1.82, 2.24) is 4.90 Å². The number of hydrogen-bond donors (Lipinski definition) is 0. The molecule has 1 saturated heterocycles. The number of benzene rings is 1. The minimum absolute atomic E-state index is 0.0298. The van der Waals surface area contributed by atoms with E-state index < -0.39 is 0 Å². The van der Waals surface area contributed by atoms with Gasteiger partial charge in [-0.3, -0.25) is 0 Å². The van der Waals surface area contributed by atoms with E-state index >= 15 is 0 Å². The summed E-state index contributed by atoms with van der Waals surface area (Å²) in [4.78, 5) is 16.1. The van der Waals surface area contributed by atoms with Gasteiger partial charge >= 0.3 is 0 Å². The van der Waals surface area contributed by atoms with Gasteiger partial charge in [0.25, 0.3) is 0 Å². The molecule has 2 aliphatic heterocycles.